The second-order valence-electron chi connectivity index (χ2n) is 5.16. The standard InChI is InChI=1S/C15H13N5OS/c21-14(18-10-2-3-10)9-1-4-11-12(7-9)22-15(19-11)20-13-8-16-5-6-17-13/h1,4-8,10H,2-3H2,(H,18,21)(H,17,19,20). The summed E-state index contributed by atoms with van der Waals surface area (Å²) in [5.41, 5.74) is 1.54. The van der Waals surface area contributed by atoms with Crippen molar-refractivity contribution in [1.29, 1.82) is 0 Å². The molecule has 1 saturated carbocycles. The fraction of sp³-hybridized carbons (Fsp3) is 0.200. The summed E-state index contributed by atoms with van der Waals surface area (Å²) in [5, 5.41) is 6.84. The highest BCUT2D eigenvalue weighted by atomic mass is 32.1. The molecule has 0 saturated heterocycles. The second kappa shape index (κ2) is 5.34. The van der Waals surface area contributed by atoms with E-state index in [1.165, 1.54) is 11.3 Å². The highest BCUT2D eigenvalue weighted by Crippen LogP contribution is 2.28. The number of hydrogen-bond acceptors (Lipinski definition) is 6. The average molecular weight is 311 g/mol. The summed E-state index contributed by atoms with van der Waals surface area (Å²) in [5.74, 6) is 0.634. The predicted molar refractivity (Wildman–Crippen MR) is 85.4 cm³/mol. The van der Waals surface area contributed by atoms with Crippen molar-refractivity contribution in [1.82, 2.24) is 20.3 Å². The largest absolute Gasteiger partial charge is 0.349 e. The number of thiazole rings is 1. The molecule has 2 aromatic heterocycles. The average Bonchev–Trinajstić information content (AvgIpc) is 3.25. The van der Waals surface area contributed by atoms with Crippen molar-refractivity contribution in [3.05, 3.63) is 42.4 Å². The van der Waals surface area contributed by atoms with Crippen LogP contribution in [0.5, 0.6) is 0 Å². The van der Waals surface area contributed by atoms with Gasteiger partial charge in [-0.3, -0.25) is 9.78 Å². The van der Waals surface area contributed by atoms with Crippen LogP contribution in [0.15, 0.2) is 36.8 Å². The Morgan fingerprint density at radius 3 is 2.95 bits per heavy atom. The van der Waals surface area contributed by atoms with Gasteiger partial charge in [-0.1, -0.05) is 11.3 Å². The van der Waals surface area contributed by atoms with E-state index in [0.29, 0.717) is 17.4 Å². The molecule has 1 aliphatic carbocycles. The van der Waals surface area contributed by atoms with E-state index < -0.39 is 0 Å². The number of aromatic nitrogens is 3. The van der Waals surface area contributed by atoms with Crippen LogP contribution in [0.25, 0.3) is 10.2 Å². The van der Waals surface area contributed by atoms with Gasteiger partial charge in [0.15, 0.2) is 10.9 Å². The molecule has 0 spiro atoms. The Bertz CT molecular complexity index is 828. The number of carbonyl (C=O) groups is 1. The molecule has 1 aliphatic rings. The SMILES string of the molecule is O=C(NC1CC1)c1ccc2nc(Nc3cnccn3)sc2c1. The molecule has 1 amide bonds. The molecule has 2 N–H and O–H groups in total. The minimum atomic E-state index is -0.0127. The molecule has 0 aliphatic heterocycles. The van der Waals surface area contributed by atoms with Crippen LogP contribution in [0.1, 0.15) is 23.2 Å². The molecule has 0 atom stereocenters. The van der Waals surface area contributed by atoms with Gasteiger partial charge < -0.3 is 10.6 Å². The van der Waals surface area contributed by atoms with Crippen LogP contribution in [-0.2, 0) is 0 Å². The molecule has 22 heavy (non-hydrogen) atoms. The zero-order chi connectivity index (χ0) is 14.9. The predicted octanol–water partition coefficient (Wildman–Crippen LogP) is 2.72. The van der Waals surface area contributed by atoms with Crippen molar-refractivity contribution in [2.75, 3.05) is 5.32 Å². The van der Waals surface area contributed by atoms with E-state index >= 15 is 0 Å². The zero-order valence-electron chi connectivity index (χ0n) is 11.6. The minimum Gasteiger partial charge on any atom is -0.349 e. The summed E-state index contributed by atoms with van der Waals surface area (Å²) >= 11 is 1.49. The molecular weight excluding hydrogens is 298 g/mol. The molecule has 3 aromatic rings. The van der Waals surface area contributed by atoms with Gasteiger partial charge in [0.25, 0.3) is 5.91 Å². The van der Waals surface area contributed by atoms with E-state index in [1.807, 2.05) is 18.2 Å². The molecule has 6 nitrogen and oxygen atoms in total. The van der Waals surface area contributed by atoms with Gasteiger partial charge in [-0.2, -0.15) is 0 Å². The maximum absolute atomic E-state index is 12.1. The van der Waals surface area contributed by atoms with Gasteiger partial charge >= 0.3 is 0 Å². The molecule has 2 heterocycles. The van der Waals surface area contributed by atoms with Crippen molar-refractivity contribution in [3.8, 4) is 0 Å². The summed E-state index contributed by atoms with van der Waals surface area (Å²) in [6.07, 6.45) is 7.05. The highest BCUT2D eigenvalue weighted by molar-refractivity contribution is 7.22. The minimum absolute atomic E-state index is 0.0127. The van der Waals surface area contributed by atoms with Gasteiger partial charge in [0.1, 0.15) is 0 Å². The molecule has 7 heteroatoms. The molecule has 4 rings (SSSR count). The maximum atomic E-state index is 12.1. The summed E-state index contributed by atoms with van der Waals surface area (Å²) in [6, 6.07) is 5.92. The normalized spacial score (nSPS) is 14.0. The number of benzene rings is 1. The van der Waals surface area contributed by atoms with Crippen LogP contribution in [0.2, 0.25) is 0 Å². The van der Waals surface area contributed by atoms with Gasteiger partial charge in [0.2, 0.25) is 0 Å². The molecule has 0 radical (unpaired) electrons. The fourth-order valence-electron chi connectivity index (χ4n) is 2.09. The smallest absolute Gasteiger partial charge is 0.251 e. The monoisotopic (exact) mass is 311 g/mol. The molecule has 0 unspecified atom stereocenters. The third-order valence-electron chi connectivity index (χ3n) is 3.36. The number of carbonyl (C=O) groups excluding carboxylic acids is 1. The van der Waals surface area contributed by atoms with E-state index in [0.717, 1.165) is 28.2 Å². The first-order chi connectivity index (χ1) is 10.8. The Balaban J connectivity index is 1.59. The van der Waals surface area contributed by atoms with Crippen molar-refractivity contribution >= 4 is 38.4 Å². The van der Waals surface area contributed by atoms with Crippen LogP contribution in [0.3, 0.4) is 0 Å². The van der Waals surface area contributed by atoms with Gasteiger partial charge in [-0.05, 0) is 31.0 Å². The van der Waals surface area contributed by atoms with Crippen LogP contribution >= 0.6 is 11.3 Å². The number of rotatable bonds is 4. The van der Waals surface area contributed by atoms with E-state index in [9.17, 15) is 4.79 Å². The number of nitrogens with one attached hydrogen (secondary N) is 2. The zero-order valence-corrected chi connectivity index (χ0v) is 12.4. The first-order valence-electron chi connectivity index (χ1n) is 7.02. The Kier molecular flexibility index (Phi) is 3.19. The van der Waals surface area contributed by atoms with E-state index in [4.69, 9.17) is 0 Å². The topological polar surface area (TPSA) is 79.8 Å². The van der Waals surface area contributed by atoms with E-state index in [1.54, 1.807) is 18.6 Å². The Morgan fingerprint density at radius 1 is 1.27 bits per heavy atom. The molecule has 0 bridgehead atoms. The molecular formula is C15H13N5OS. The van der Waals surface area contributed by atoms with E-state index in [-0.39, 0.29) is 5.91 Å². The highest BCUT2D eigenvalue weighted by Gasteiger charge is 2.23. The van der Waals surface area contributed by atoms with Gasteiger partial charge in [-0.25, -0.2) is 9.97 Å². The third-order valence-corrected chi connectivity index (χ3v) is 4.29. The van der Waals surface area contributed by atoms with Crippen molar-refractivity contribution in [3.63, 3.8) is 0 Å². The second-order valence-corrected chi connectivity index (χ2v) is 6.20. The van der Waals surface area contributed by atoms with Gasteiger partial charge in [0.05, 0.1) is 16.4 Å². The van der Waals surface area contributed by atoms with Crippen molar-refractivity contribution in [2.24, 2.45) is 0 Å². The van der Waals surface area contributed by atoms with Gasteiger partial charge in [0, 0.05) is 24.0 Å². The van der Waals surface area contributed by atoms with Gasteiger partial charge in [-0.15, -0.1) is 0 Å². The summed E-state index contributed by atoms with van der Waals surface area (Å²) in [7, 11) is 0. The summed E-state index contributed by atoms with van der Waals surface area (Å²) in [6.45, 7) is 0. The summed E-state index contributed by atoms with van der Waals surface area (Å²) in [4.78, 5) is 24.7. The molecule has 110 valence electrons. The first-order valence-corrected chi connectivity index (χ1v) is 7.84. The number of fused-ring (bicyclic) bond motifs is 1. The van der Waals surface area contributed by atoms with Crippen LogP contribution in [0.4, 0.5) is 10.9 Å². The molecule has 1 fully saturated rings. The van der Waals surface area contributed by atoms with Crippen LogP contribution in [-0.4, -0.2) is 26.9 Å². The fourth-order valence-corrected chi connectivity index (χ4v) is 3.00. The Labute approximate surface area is 130 Å². The Morgan fingerprint density at radius 2 is 2.18 bits per heavy atom. The van der Waals surface area contributed by atoms with Crippen LogP contribution in [0, 0.1) is 0 Å². The quantitative estimate of drug-likeness (QED) is 0.774. The first kappa shape index (κ1) is 13.1. The van der Waals surface area contributed by atoms with Crippen molar-refractivity contribution in [2.45, 2.75) is 18.9 Å². The number of anilines is 2. The number of nitrogens with zero attached hydrogens (tertiary/aromatic N) is 3. The Hall–Kier alpha value is -2.54. The number of hydrogen-bond donors (Lipinski definition) is 2. The lowest BCUT2D eigenvalue weighted by molar-refractivity contribution is 0.0951. The van der Waals surface area contributed by atoms with E-state index in [2.05, 4.69) is 25.6 Å². The lowest BCUT2D eigenvalue weighted by Crippen LogP contribution is -2.25. The number of amides is 1. The lowest BCUT2D eigenvalue weighted by Gasteiger charge is -2.02. The summed E-state index contributed by atoms with van der Waals surface area (Å²) < 4.78 is 0.967. The van der Waals surface area contributed by atoms with Crippen molar-refractivity contribution < 1.29 is 4.79 Å². The molecule has 1 aromatic carbocycles. The maximum Gasteiger partial charge on any atom is 0.251 e. The van der Waals surface area contributed by atoms with Crippen LogP contribution < -0.4 is 10.6 Å². The lowest BCUT2D eigenvalue weighted by atomic mass is 10.2. The third kappa shape index (κ3) is 2.75.